The van der Waals surface area contributed by atoms with E-state index in [0.717, 1.165) is 4.70 Å². The molecule has 0 aliphatic carbocycles. The fourth-order valence-electron chi connectivity index (χ4n) is 2.39. The van der Waals surface area contributed by atoms with E-state index >= 15 is 0 Å². The van der Waals surface area contributed by atoms with Crippen molar-refractivity contribution in [2.75, 3.05) is 0 Å². The molecule has 0 radical (unpaired) electrons. The zero-order valence-electron chi connectivity index (χ0n) is 10.1. The minimum Gasteiger partial charge on any atom is -0.479 e. The van der Waals surface area contributed by atoms with E-state index in [1.54, 1.807) is 10.8 Å². The van der Waals surface area contributed by atoms with Gasteiger partial charge in [-0.05, 0) is 30.4 Å². The lowest BCUT2D eigenvalue weighted by molar-refractivity contribution is -0.149. The summed E-state index contributed by atoms with van der Waals surface area (Å²) in [5.74, 6) is -0.928. The van der Waals surface area contributed by atoms with E-state index in [9.17, 15) is 9.59 Å². The molecule has 1 aliphatic heterocycles. The molecule has 2 unspecified atom stereocenters. The highest BCUT2D eigenvalue weighted by Gasteiger charge is 2.30. The molecule has 6 heteroatoms. The Morgan fingerprint density at radius 2 is 2.32 bits per heavy atom. The Bertz CT molecular complexity index is 675. The average molecular weight is 279 g/mol. The number of hydrogen-bond donors (Lipinski definition) is 1. The lowest BCUT2D eigenvalue weighted by atomic mass is 10.2. The molecule has 0 amide bonds. The Labute approximate surface area is 113 Å². The second kappa shape index (κ2) is 4.79. The van der Waals surface area contributed by atoms with Gasteiger partial charge in [-0.3, -0.25) is 4.79 Å². The highest BCUT2D eigenvalue weighted by atomic mass is 32.1. The Morgan fingerprint density at radius 3 is 3.05 bits per heavy atom. The molecule has 19 heavy (non-hydrogen) atoms. The molecule has 0 aromatic carbocycles. The fraction of sp³-hybridized carbons (Fsp3) is 0.385. The lowest BCUT2D eigenvalue weighted by Crippen LogP contribution is -2.27. The molecule has 1 saturated heterocycles. The van der Waals surface area contributed by atoms with Crippen LogP contribution in [-0.2, 0) is 16.1 Å². The minimum atomic E-state index is -0.928. The minimum absolute atomic E-state index is 0.0406. The quantitative estimate of drug-likeness (QED) is 0.928. The highest BCUT2D eigenvalue weighted by Crippen LogP contribution is 2.22. The molecule has 2 atom stereocenters. The first-order chi connectivity index (χ1) is 9.15. The lowest BCUT2D eigenvalue weighted by Gasteiger charge is -2.13. The third-order valence-corrected chi connectivity index (χ3v) is 4.26. The predicted octanol–water partition coefficient (Wildman–Crippen LogP) is 1.70. The number of fused-ring (bicyclic) bond motifs is 1. The molecule has 1 aliphatic rings. The van der Waals surface area contributed by atoms with Crippen molar-refractivity contribution in [3.63, 3.8) is 0 Å². The number of ether oxygens (including phenoxy) is 1. The van der Waals surface area contributed by atoms with Crippen molar-refractivity contribution < 1.29 is 14.6 Å². The molecule has 2 aromatic heterocycles. The van der Waals surface area contributed by atoms with Crippen LogP contribution in [-0.4, -0.2) is 27.9 Å². The first-order valence-corrected chi connectivity index (χ1v) is 6.98. The summed E-state index contributed by atoms with van der Waals surface area (Å²) in [5.41, 5.74) is -0.0406. The third kappa shape index (κ3) is 2.29. The average Bonchev–Trinajstić information content (AvgIpc) is 3.01. The van der Waals surface area contributed by atoms with Crippen molar-refractivity contribution >= 4 is 27.4 Å². The summed E-state index contributed by atoms with van der Waals surface area (Å²) in [6.45, 7) is 0.411. The first kappa shape index (κ1) is 12.4. The second-order valence-corrected chi connectivity index (χ2v) is 5.58. The first-order valence-electron chi connectivity index (χ1n) is 6.10. The maximum Gasteiger partial charge on any atom is 0.332 e. The van der Waals surface area contributed by atoms with Gasteiger partial charge in [-0.15, -0.1) is 11.3 Å². The molecule has 0 bridgehead atoms. The van der Waals surface area contributed by atoms with Crippen LogP contribution in [0.4, 0.5) is 0 Å². The van der Waals surface area contributed by atoms with Gasteiger partial charge in [0.1, 0.15) is 0 Å². The van der Waals surface area contributed by atoms with Gasteiger partial charge in [0, 0.05) is 10.9 Å². The number of aliphatic carboxylic acids is 1. The maximum atomic E-state index is 12.2. The molecule has 3 rings (SSSR count). The molecule has 5 nitrogen and oxygen atoms in total. The number of carboxylic acids is 1. The number of thiophene rings is 1. The zero-order valence-corrected chi connectivity index (χ0v) is 10.9. The van der Waals surface area contributed by atoms with E-state index in [1.165, 1.54) is 11.3 Å². The number of aromatic nitrogens is 1. The van der Waals surface area contributed by atoms with Gasteiger partial charge in [0.2, 0.25) is 0 Å². The Morgan fingerprint density at radius 1 is 1.47 bits per heavy atom. The SMILES string of the molecule is O=C(O)C1CCC(Cn2ccc3sccc3c2=O)O1. The van der Waals surface area contributed by atoms with Gasteiger partial charge in [-0.2, -0.15) is 0 Å². The number of hydrogen-bond acceptors (Lipinski definition) is 4. The van der Waals surface area contributed by atoms with Crippen LogP contribution in [0.2, 0.25) is 0 Å². The van der Waals surface area contributed by atoms with Gasteiger partial charge in [-0.25, -0.2) is 4.79 Å². The van der Waals surface area contributed by atoms with Crippen LogP contribution < -0.4 is 5.56 Å². The maximum absolute atomic E-state index is 12.2. The van der Waals surface area contributed by atoms with Crippen LogP contribution in [0.3, 0.4) is 0 Å². The van der Waals surface area contributed by atoms with Gasteiger partial charge in [-0.1, -0.05) is 0 Å². The highest BCUT2D eigenvalue weighted by molar-refractivity contribution is 7.17. The molecule has 2 aromatic rings. The van der Waals surface area contributed by atoms with E-state index < -0.39 is 12.1 Å². The monoisotopic (exact) mass is 279 g/mol. The Hall–Kier alpha value is -1.66. The summed E-state index contributed by atoms with van der Waals surface area (Å²) < 4.78 is 7.99. The van der Waals surface area contributed by atoms with Crippen LogP contribution in [0.5, 0.6) is 0 Å². The van der Waals surface area contributed by atoms with E-state index in [4.69, 9.17) is 9.84 Å². The van der Waals surface area contributed by atoms with Crippen LogP contribution in [0.15, 0.2) is 28.5 Å². The molecular weight excluding hydrogens is 266 g/mol. The smallest absolute Gasteiger partial charge is 0.332 e. The Kier molecular flexibility index (Phi) is 3.12. The van der Waals surface area contributed by atoms with E-state index in [0.29, 0.717) is 24.8 Å². The summed E-state index contributed by atoms with van der Waals surface area (Å²) in [6.07, 6.45) is 2.00. The number of carboxylic acid groups (broad SMARTS) is 1. The molecule has 0 spiro atoms. The largest absolute Gasteiger partial charge is 0.479 e. The van der Waals surface area contributed by atoms with Gasteiger partial charge in [0.15, 0.2) is 6.10 Å². The third-order valence-electron chi connectivity index (χ3n) is 3.38. The molecular formula is C13H13NO4S. The van der Waals surface area contributed by atoms with Gasteiger partial charge in [0.25, 0.3) is 5.56 Å². The topological polar surface area (TPSA) is 68.5 Å². The molecule has 1 fully saturated rings. The molecule has 100 valence electrons. The number of carbonyl (C=O) groups is 1. The summed E-state index contributed by atoms with van der Waals surface area (Å²) in [7, 11) is 0. The molecule has 1 N–H and O–H groups in total. The summed E-state index contributed by atoms with van der Waals surface area (Å²) in [4.78, 5) is 23.0. The zero-order chi connectivity index (χ0) is 13.4. The van der Waals surface area contributed by atoms with Crippen molar-refractivity contribution in [2.24, 2.45) is 0 Å². The van der Waals surface area contributed by atoms with Crippen molar-refractivity contribution in [3.05, 3.63) is 34.1 Å². The van der Waals surface area contributed by atoms with Crippen LogP contribution in [0.25, 0.3) is 10.1 Å². The van der Waals surface area contributed by atoms with Crippen LogP contribution in [0.1, 0.15) is 12.8 Å². The molecule has 3 heterocycles. The number of pyridine rings is 1. The van der Waals surface area contributed by atoms with E-state index in [-0.39, 0.29) is 11.7 Å². The van der Waals surface area contributed by atoms with Crippen LogP contribution in [0, 0.1) is 0 Å². The van der Waals surface area contributed by atoms with Crippen molar-refractivity contribution in [2.45, 2.75) is 31.6 Å². The summed E-state index contributed by atoms with van der Waals surface area (Å²) in [6, 6.07) is 3.72. The predicted molar refractivity (Wildman–Crippen MR) is 71.6 cm³/mol. The van der Waals surface area contributed by atoms with Crippen molar-refractivity contribution in [3.8, 4) is 0 Å². The van der Waals surface area contributed by atoms with Crippen molar-refractivity contribution in [1.82, 2.24) is 4.57 Å². The van der Waals surface area contributed by atoms with Gasteiger partial charge in [0.05, 0.1) is 18.0 Å². The standard InChI is InChI=1S/C13H13NO4S/c15-12-9-4-6-19-11(9)3-5-14(12)7-8-1-2-10(18-8)13(16)17/h3-6,8,10H,1-2,7H2,(H,16,17). The van der Waals surface area contributed by atoms with Crippen LogP contribution >= 0.6 is 11.3 Å². The second-order valence-electron chi connectivity index (χ2n) is 4.63. The number of nitrogens with zero attached hydrogens (tertiary/aromatic N) is 1. The van der Waals surface area contributed by atoms with Gasteiger partial charge < -0.3 is 14.4 Å². The summed E-state index contributed by atoms with van der Waals surface area (Å²) in [5, 5.41) is 11.5. The Balaban J connectivity index is 1.81. The summed E-state index contributed by atoms with van der Waals surface area (Å²) >= 11 is 1.53. The van der Waals surface area contributed by atoms with E-state index in [2.05, 4.69) is 0 Å². The fourth-order valence-corrected chi connectivity index (χ4v) is 3.16. The normalized spacial score (nSPS) is 22.9. The van der Waals surface area contributed by atoms with Crippen molar-refractivity contribution in [1.29, 1.82) is 0 Å². The van der Waals surface area contributed by atoms with Gasteiger partial charge >= 0.3 is 5.97 Å². The molecule has 0 saturated carbocycles. The van der Waals surface area contributed by atoms with E-state index in [1.807, 2.05) is 17.5 Å². The number of rotatable bonds is 3.